The summed E-state index contributed by atoms with van der Waals surface area (Å²) in [4.78, 5) is 12.5. The van der Waals surface area contributed by atoms with Gasteiger partial charge in [-0.3, -0.25) is 4.79 Å². The number of benzene rings is 2. The summed E-state index contributed by atoms with van der Waals surface area (Å²) in [6.45, 7) is 4.36. The van der Waals surface area contributed by atoms with E-state index in [1.54, 1.807) is 18.2 Å². The average Bonchev–Trinajstić information content (AvgIpc) is 3.08. The van der Waals surface area contributed by atoms with Crippen molar-refractivity contribution in [3.05, 3.63) is 64.9 Å². The molecular weight excluding hydrogens is 340 g/mol. The van der Waals surface area contributed by atoms with Crippen molar-refractivity contribution in [3.63, 3.8) is 0 Å². The van der Waals surface area contributed by atoms with Gasteiger partial charge in [0.25, 0.3) is 5.91 Å². The highest BCUT2D eigenvalue weighted by Crippen LogP contribution is 2.26. The van der Waals surface area contributed by atoms with Crippen molar-refractivity contribution in [1.29, 1.82) is 0 Å². The lowest BCUT2D eigenvalue weighted by atomic mass is 10.2. The highest BCUT2D eigenvalue weighted by Gasteiger charge is 2.15. The lowest BCUT2D eigenvalue weighted by Crippen LogP contribution is -2.13. The Bertz CT molecular complexity index is 908. The Hall–Kier alpha value is -2.86. The second-order valence-corrected chi connectivity index (χ2v) is 5.79. The molecule has 0 fully saturated rings. The molecule has 3 aromatic rings. The molecule has 2 aromatic carbocycles. The van der Waals surface area contributed by atoms with Gasteiger partial charge in [-0.25, -0.2) is 4.68 Å². The van der Waals surface area contributed by atoms with E-state index in [0.29, 0.717) is 28.8 Å². The average molecular weight is 357 g/mol. The molecule has 0 unspecified atom stereocenters. The molecule has 0 saturated carbocycles. The van der Waals surface area contributed by atoms with Gasteiger partial charge in [-0.05, 0) is 43.7 Å². The van der Waals surface area contributed by atoms with E-state index in [1.807, 2.05) is 38.1 Å². The maximum atomic E-state index is 12.5. The van der Waals surface area contributed by atoms with Crippen LogP contribution in [-0.2, 0) is 0 Å². The number of anilines is 1. The van der Waals surface area contributed by atoms with Crippen molar-refractivity contribution in [2.24, 2.45) is 0 Å². The van der Waals surface area contributed by atoms with Crippen LogP contribution in [0.4, 0.5) is 5.69 Å². The Morgan fingerprint density at radius 1 is 1.28 bits per heavy atom. The highest BCUT2D eigenvalue weighted by atomic mass is 35.5. The Morgan fingerprint density at radius 2 is 2.08 bits per heavy atom. The number of nitrogens with zero attached hydrogens (tertiary/aromatic N) is 3. The Kier molecular flexibility index (Phi) is 5.00. The summed E-state index contributed by atoms with van der Waals surface area (Å²) in [5, 5.41) is 11.2. The second kappa shape index (κ2) is 7.36. The third-order valence-corrected chi connectivity index (χ3v) is 3.83. The summed E-state index contributed by atoms with van der Waals surface area (Å²) in [6.07, 6.45) is 1.53. The van der Waals surface area contributed by atoms with Crippen LogP contribution >= 0.6 is 11.6 Å². The fraction of sp³-hybridized carbons (Fsp3) is 0.167. The van der Waals surface area contributed by atoms with Gasteiger partial charge in [0.05, 0.1) is 29.2 Å². The first-order valence-corrected chi connectivity index (χ1v) is 8.18. The van der Waals surface area contributed by atoms with Crippen molar-refractivity contribution >= 4 is 23.2 Å². The zero-order chi connectivity index (χ0) is 17.8. The Morgan fingerprint density at radius 3 is 2.84 bits per heavy atom. The van der Waals surface area contributed by atoms with Gasteiger partial charge < -0.3 is 10.1 Å². The summed E-state index contributed by atoms with van der Waals surface area (Å²) in [7, 11) is 0. The van der Waals surface area contributed by atoms with Crippen molar-refractivity contribution in [2.75, 3.05) is 11.9 Å². The third-order valence-electron chi connectivity index (χ3n) is 3.51. The van der Waals surface area contributed by atoms with Gasteiger partial charge in [-0.1, -0.05) is 35.0 Å². The van der Waals surface area contributed by atoms with Crippen molar-refractivity contribution < 1.29 is 9.53 Å². The van der Waals surface area contributed by atoms with Gasteiger partial charge in [0.15, 0.2) is 5.69 Å². The summed E-state index contributed by atoms with van der Waals surface area (Å²) < 4.78 is 7.04. The molecule has 0 aliphatic carbocycles. The third kappa shape index (κ3) is 3.80. The fourth-order valence-corrected chi connectivity index (χ4v) is 2.54. The minimum atomic E-state index is -0.372. The number of nitrogens with one attached hydrogen (secondary N) is 1. The van der Waals surface area contributed by atoms with Gasteiger partial charge in [0.1, 0.15) is 5.75 Å². The maximum absolute atomic E-state index is 12.5. The van der Waals surface area contributed by atoms with Crippen LogP contribution in [0.5, 0.6) is 5.75 Å². The van der Waals surface area contributed by atoms with Gasteiger partial charge in [0, 0.05) is 0 Å². The van der Waals surface area contributed by atoms with Crippen molar-refractivity contribution in [3.8, 4) is 11.4 Å². The van der Waals surface area contributed by atoms with E-state index >= 15 is 0 Å². The van der Waals surface area contributed by atoms with Crippen molar-refractivity contribution in [2.45, 2.75) is 13.8 Å². The molecule has 0 atom stereocenters. The van der Waals surface area contributed by atoms with E-state index < -0.39 is 0 Å². The Labute approximate surface area is 150 Å². The lowest BCUT2D eigenvalue weighted by molar-refractivity contribution is 0.102. The molecule has 0 spiro atoms. The number of carbonyl (C=O) groups is 1. The quantitative estimate of drug-likeness (QED) is 0.753. The molecule has 128 valence electrons. The number of amides is 1. The van der Waals surface area contributed by atoms with E-state index in [-0.39, 0.29) is 11.6 Å². The molecule has 0 aliphatic heterocycles. The smallest absolute Gasteiger partial charge is 0.277 e. The zero-order valence-electron chi connectivity index (χ0n) is 13.9. The molecular formula is C18H17ClN4O2. The number of ether oxygens (including phenoxy) is 1. The fourth-order valence-electron chi connectivity index (χ4n) is 2.32. The number of aryl methyl sites for hydroxylation is 1. The van der Waals surface area contributed by atoms with Crippen LogP contribution in [0.15, 0.2) is 48.7 Å². The van der Waals surface area contributed by atoms with Crippen LogP contribution in [0.3, 0.4) is 0 Å². The molecule has 25 heavy (non-hydrogen) atoms. The van der Waals surface area contributed by atoms with E-state index in [0.717, 1.165) is 5.56 Å². The first kappa shape index (κ1) is 17.0. The number of carbonyl (C=O) groups excluding carboxylic acids is 1. The minimum absolute atomic E-state index is 0.183. The van der Waals surface area contributed by atoms with E-state index in [9.17, 15) is 4.79 Å². The zero-order valence-corrected chi connectivity index (χ0v) is 14.6. The highest BCUT2D eigenvalue weighted by molar-refractivity contribution is 6.32. The number of rotatable bonds is 5. The largest absolute Gasteiger partial charge is 0.492 e. The normalized spacial score (nSPS) is 10.5. The molecule has 1 aromatic heterocycles. The van der Waals surface area contributed by atoms with E-state index in [2.05, 4.69) is 15.6 Å². The van der Waals surface area contributed by atoms with Gasteiger partial charge in [-0.15, -0.1) is 5.10 Å². The van der Waals surface area contributed by atoms with Crippen LogP contribution < -0.4 is 10.1 Å². The molecule has 7 heteroatoms. The molecule has 3 rings (SSSR count). The monoisotopic (exact) mass is 356 g/mol. The number of halogens is 1. The first-order chi connectivity index (χ1) is 12.1. The molecule has 6 nitrogen and oxygen atoms in total. The number of hydrogen-bond donors (Lipinski definition) is 1. The number of hydrogen-bond acceptors (Lipinski definition) is 4. The second-order valence-electron chi connectivity index (χ2n) is 5.39. The molecule has 0 saturated heterocycles. The molecule has 0 aliphatic rings. The molecule has 1 N–H and O–H groups in total. The SMILES string of the molecule is CCOc1cc(C)ccc1NC(=O)c1cn(-c2ccccc2Cl)nn1. The molecule has 0 radical (unpaired) electrons. The minimum Gasteiger partial charge on any atom is -0.492 e. The topological polar surface area (TPSA) is 69.0 Å². The summed E-state index contributed by atoms with van der Waals surface area (Å²) in [5.41, 5.74) is 2.47. The predicted molar refractivity (Wildman–Crippen MR) is 96.7 cm³/mol. The Balaban J connectivity index is 1.82. The van der Waals surface area contributed by atoms with Crippen molar-refractivity contribution in [1.82, 2.24) is 15.0 Å². The standard InChI is InChI=1S/C18H17ClN4O2/c1-3-25-17-10-12(2)8-9-14(17)20-18(24)15-11-23(22-21-15)16-7-5-4-6-13(16)19/h4-11H,3H2,1-2H3,(H,20,24). The van der Waals surface area contributed by atoms with Crippen LogP contribution in [0.2, 0.25) is 5.02 Å². The first-order valence-electron chi connectivity index (χ1n) is 7.80. The van der Waals surface area contributed by atoms with Crippen LogP contribution in [0.25, 0.3) is 5.69 Å². The van der Waals surface area contributed by atoms with Crippen LogP contribution in [-0.4, -0.2) is 27.5 Å². The number of aromatic nitrogens is 3. The number of para-hydroxylation sites is 1. The summed E-state index contributed by atoms with van der Waals surface area (Å²) in [5.74, 6) is 0.248. The summed E-state index contributed by atoms with van der Waals surface area (Å²) >= 11 is 6.14. The molecule has 1 amide bonds. The predicted octanol–water partition coefficient (Wildman–Crippen LogP) is 3.88. The van der Waals surface area contributed by atoms with Gasteiger partial charge in [-0.2, -0.15) is 0 Å². The molecule has 0 bridgehead atoms. The van der Waals surface area contributed by atoms with Gasteiger partial charge in [0.2, 0.25) is 0 Å². The molecule has 1 heterocycles. The van der Waals surface area contributed by atoms with Crippen LogP contribution in [0.1, 0.15) is 23.0 Å². The van der Waals surface area contributed by atoms with E-state index in [1.165, 1.54) is 10.9 Å². The maximum Gasteiger partial charge on any atom is 0.277 e. The van der Waals surface area contributed by atoms with Gasteiger partial charge >= 0.3 is 0 Å². The van der Waals surface area contributed by atoms with Crippen LogP contribution in [0, 0.1) is 6.92 Å². The lowest BCUT2D eigenvalue weighted by Gasteiger charge is -2.11. The summed E-state index contributed by atoms with van der Waals surface area (Å²) in [6, 6.07) is 12.8. The van der Waals surface area contributed by atoms with E-state index in [4.69, 9.17) is 16.3 Å².